The first-order valence-electron chi connectivity index (χ1n) is 6.55. The van der Waals surface area contributed by atoms with Gasteiger partial charge in [0.2, 0.25) is 0 Å². The number of hydrogen-bond acceptors (Lipinski definition) is 6. The van der Waals surface area contributed by atoms with Crippen molar-refractivity contribution in [2.24, 2.45) is 0 Å². The minimum Gasteiger partial charge on any atom is -0.465 e. The van der Waals surface area contributed by atoms with Crippen molar-refractivity contribution in [1.29, 1.82) is 0 Å². The number of carbonyl (C=O) groups is 1. The topological polar surface area (TPSA) is 64.1 Å². The Hall–Kier alpha value is -1.89. The van der Waals surface area contributed by atoms with Crippen molar-refractivity contribution in [2.75, 3.05) is 12.4 Å². The fraction of sp³-hybridized carbons (Fsp3) is 0.133. The summed E-state index contributed by atoms with van der Waals surface area (Å²) < 4.78 is 4.80. The van der Waals surface area contributed by atoms with Crippen LogP contribution in [0.5, 0.6) is 0 Å². The Morgan fingerprint density at radius 2 is 2.04 bits per heavy atom. The number of carbonyl (C=O) groups excluding carboxylic acids is 1. The molecule has 1 aromatic carbocycles. The van der Waals surface area contributed by atoms with Crippen LogP contribution in [0.4, 0.5) is 11.5 Å². The van der Waals surface area contributed by atoms with E-state index in [4.69, 9.17) is 27.9 Å². The second-order valence-electron chi connectivity index (χ2n) is 4.70. The van der Waals surface area contributed by atoms with Crippen molar-refractivity contribution >= 4 is 62.2 Å². The number of anilines is 2. The second kappa shape index (κ2) is 6.31. The minimum absolute atomic E-state index is 0.383. The molecule has 0 radical (unpaired) electrons. The van der Waals surface area contributed by atoms with E-state index in [0.29, 0.717) is 25.6 Å². The van der Waals surface area contributed by atoms with Crippen LogP contribution < -0.4 is 5.32 Å². The summed E-state index contributed by atoms with van der Waals surface area (Å²) in [5.74, 6) is 0.211. The molecular weight excluding hydrogens is 357 g/mol. The molecule has 0 spiro atoms. The van der Waals surface area contributed by atoms with Crippen molar-refractivity contribution in [3.8, 4) is 0 Å². The lowest BCUT2D eigenvalue weighted by molar-refractivity contribution is 0.0605. The molecule has 8 heteroatoms. The molecule has 23 heavy (non-hydrogen) atoms. The molecule has 2 aromatic heterocycles. The molecule has 118 valence electrons. The quantitative estimate of drug-likeness (QED) is 0.671. The molecule has 0 aliphatic carbocycles. The predicted octanol–water partition coefficient (Wildman–Crippen LogP) is 4.84. The molecule has 3 rings (SSSR count). The average molecular weight is 368 g/mol. The van der Waals surface area contributed by atoms with Crippen LogP contribution in [0.15, 0.2) is 24.5 Å². The Morgan fingerprint density at radius 3 is 2.74 bits per heavy atom. The number of ether oxygens (including phenoxy) is 1. The van der Waals surface area contributed by atoms with Gasteiger partial charge in [0.25, 0.3) is 0 Å². The normalized spacial score (nSPS) is 10.8. The van der Waals surface area contributed by atoms with Gasteiger partial charge < -0.3 is 10.1 Å². The Labute approximate surface area is 146 Å². The van der Waals surface area contributed by atoms with Crippen molar-refractivity contribution in [3.05, 3.63) is 45.0 Å². The Bertz CT molecular complexity index is 911. The van der Waals surface area contributed by atoms with Gasteiger partial charge in [-0.05, 0) is 30.7 Å². The van der Waals surface area contributed by atoms with Crippen LogP contribution in [0.3, 0.4) is 0 Å². The van der Waals surface area contributed by atoms with Gasteiger partial charge in [-0.1, -0.05) is 23.2 Å². The number of benzene rings is 1. The number of thiophene rings is 1. The molecule has 0 aliphatic rings. The summed E-state index contributed by atoms with van der Waals surface area (Å²) in [7, 11) is 1.35. The molecular formula is C15H11Cl2N3O2S. The van der Waals surface area contributed by atoms with Gasteiger partial charge in [-0.15, -0.1) is 11.3 Å². The van der Waals surface area contributed by atoms with Crippen LogP contribution in [0.1, 0.15) is 15.2 Å². The molecule has 0 saturated heterocycles. The number of esters is 1. The van der Waals surface area contributed by atoms with Gasteiger partial charge in [0.05, 0.1) is 22.5 Å². The summed E-state index contributed by atoms with van der Waals surface area (Å²) in [4.78, 5) is 21.6. The molecule has 0 amide bonds. The molecule has 0 bridgehead atoms. The molecule has 0 saturated carbocycles. The smallest absolute Gasteiger partial charge is 0.348 e. The molecule has 0 fully saturated rings. The number of aryl methyl sites for hydroxylation is 1. The van der Waals surface area contributed by atoms with E-state index in [1.165, 1.54) is 24.8 Å². The van der Waals surface area contributed by atoms with Crippen LogP contribution in [0.25, 0.3) is 10.2 Å². The fourth-order valence-corrected chi connectivity index (χ4v) is 3.53. The van der Waals surface area contributed by atoms with E-state index in [1.807, 2.05) is 6.92 Å². The monoisotopic (exact) mass is 367 g/mol. The van der Waals surface area contributed by atoms with Crippen LogP contribution in [-0.4, -0.2) is 23.0 Å². The van der Waals surface area contributed by atoms with Crippen molar-refractivity contribution in [1.82, 2.24) is 9.97 Å². The van der Waals surface area contributed by atoms with Crippen LogP contribution in [0.2, 0.25) is 10.0 Å². The number of nitrogens with one attached hydrogen (secondary N) is 1. The number of halogens is 2. The molecule has 0 aliphatic heterocycles. The highest BCUT2D eigenvalue weighted by Gasteiger charge is 2.19. The van der Waals surface area contributed by atoms with Gasteiger partial charge in [0.1, 0.15) is 21.9 Å². The maximum absolute atomic E-state index is 11.8. The van der Waals surface area contributed by atoms with E-state index in [0.717, 1.165) is 16.6 Å². The third kappa shape index (κ3) is 2.97. The zero-order valence-corrected chi connectivity index (χ0v) is 14.5. The Morgan fingerprint density at radius 1 is 1.26 bits per heavy atom. The van der Waals surface area contributed by atoms with E-state index in [1.54, 1.807) is 18.2 Å². The minimum atomic E-state index is -0.383. The van der Waals surface area contributed by atoms with Crippen molar-refractivity contribution in [2.45, 2.75) is 6.92 Å². The molecule has 5 nitrogen and oxygen atoms in total. The van der Waals surface area contributed by atoms with Gasteiger partial charge in [-0.2, -0.15) is 0 Å². The lowest BCUT2D eigenvalue weighted by Crippen LogP contribution is -2.00. The number of aromatic nitrogens is 2. The number of nitrogens with zero attached hydrogens (tertiary/aromatic N) is 2. The first kappa shape index (κ1) is 16.0. The van der Waals surface area contributed by atoms with Crippen LogP contribution in [0, 0.1) is 6.92 Å². The zero-order valence-electron chi connectivity index (χ0n) is 12.2. The van der Waals surface area contributed by atoms with Gasteiger partial charge in [-0.3, -0.25) is 0 Å². The van der Waals surface area contributed by atoms with Crippen molar-refractivity contribution < 1.29 is 9.53 Å². The zero-order chi connectivity index (χ0) is 16.6. The first-order chi connectivity index (χ1) is 11.0. The standard InChI is InChI=1S/C15H11Cl2N3O2S/c1-7-11-13(20-8-3-4-9(16)10(17)5-8)18-6-19-14(11)23-12(7)15(21)22-2/h3-6H,1-2H3,(H,18,19,20). The fourth-order valence-electron chi connectivity index (χ4n) is 2.16. The van der Waals surface area contributed by atoms with Crippen molar-refractivity contribution in [3.63, 3.8) is 0 Å². The molecule has 2 heterocycles. The molecule has 0 atom stereocenters. The summed E-state index contributed by atoms with van der Waals surface area (Å²) in [6.45, 7) is 1.84. The number of hydrogen-bond donors (Lipinski definition) is 1. The number of methoxy groups -OCH3 is 1. The SMILES string of the molecule is COC(=O)c1sc2ncnc(Nc3ccc(Cl)c(Cl)c3)c2c1C. The highest BCUT2D eigenvalue weighted by atomic mass is 35.5. The van der Waals surface area contributed by atoms with E-state index in [2.05, 4.69) is 15.3 Å². The predicted molar refractivity (Wildman–Crippen MR) is 93.2 cm³/mol. The highest BCUT2D eigenvalue weighted by Crippen LogP contribution is 2.35. The Kier molecular flexibility index (Phi) is 4.39. The third-order valence-corrected chi connectivity index (χ3v) is 5.20. The van der Waals surface area contributed by atoms with E-state index in [9.17, 15) is 4.79 Å². The number of rotatable bonds is 3. The van der Waals surface area contributed by atoms with Crippen LogP contribution in [-0.2, 0) is 4.74 Å². The lowest BCUT2D eigenvalue weighted by atomic mass is 10.2. The van der Waals surface area contributed by atoms with E-state index >= 15 is 0 Å². The summed E-state index contributed by atoms with van der Waals surface area (Å²) in [5.41, 5.74) is 1.52. The summed E-state index contributed by atoms with van der Waals surface area (Å²) in [6, 6.07) is 5.21. The highest BCUT2D eigenvalue weighted by molar-refractivity contribution is 7.20. The summed E-state index contributed by atoms with van der Waals surface area (Å²) in [6.07, 6.45) is 1.44. The largest absolute Gasteiger partial charge is 0.465 e. The maximum Gasteiger partial charge on any atom is 0.348 e. The number of fused-ring (bicyclic) bond motifs is 1. The molecule has 3 aromatic rings. The van der Waals surface area contributed by atoms with Crippen LogP contribution >= 0.6 is 34.5 Å². The van der Waals surface area contributed by atoms with Gasteiger partial charge >= 0.3 is 5.97 Å². The lowest BCUT2D eigenvalue weighted by Gasteiger charge is -2.08. The third-order valence-electron chi connectivity index (χ3n) is 3.28. The second-order valence-corrected chi connectivity index (χ2v) is 6.52. The maximum atomic E-state index is 11.8. The summed E-state index contributed by atoms with van der Waals surface area (Å²) in [5, 5.41) is 4.89. The average Bonchev–Trinajstić information content (AvgIpc) is 2.88. The van der Waals surface area contributed by atoms with Gasteiger partial charge in [0.15, 0.2) is 0 Å². The van der Waals surface area contributed by atoms with E-state index in [-0.39, 0.29) is 5.97 Å². The van der Waals surface area contributed by atoms with E-state index < -0.39 is 0 Å². The summed E-state index contributed by atoms with van der Waals surface area (Å²) >= 11 is 13.2. The molecule has 0 unspecified atom stereocenters. The molecule has 1 N–H and O–H groups in total. The Balaban J connectivity index is 2.08. The first-order valence-corrected chi connectivity index (χ1v) is 8.13. The van der Waals surface area contributed by atoms with Gasteiger partial charge in [-0.25, -0.2) is 14.8 Å². The van der Waals surface area contributed by atoms with Gasteiger partial charge in [0, 0.05) is 5.69 Å².